The monoisotopic (exact) mass is 258 g/mol. The van der Waals surface area contributed by atoms with Crippen molar-refractivity contribution in [2.75, 3.05) is 0 Å². The third-order valence-electron chi connectivity index (χ3n) is 1.70. The zero-order chi connectivity index (χ0) is 9.42. The lowest BCUT2D eigenvalue weighted by molar-refractivity contribution is 0.108. The first-order valence-corrected chi connectivity index (χ1v) is 4.68. The van der Waals surface area contributed by atoms with Gasteiger partial charge in [0.25, 0.3) is 5.24 Å². The Morgan fingerprint density at radius 1 is 1.62 bits per heavy atom. The molecule has 2 heterocycles. The maximum Gasteiger partial charge on any atom is 0.252 e. The van der Waals surface area contributed by atoms with E-state index in [4.69, 9.17) is 11.6 Å². The summed E-state index contributed by atoms with van der Waals surface area (Å²) in [4.78, 5) is 10.8. The third-order valence-corrected chi connectivity index (χ3v) is 2.53. The molecule has 0 atom stereocenters. The Bertz CT molecular complexity index is 480. The molecule has 0 aliphatic carbocycles. The van der Waals surface area contributed by atoms with Gasteiger partial charge in [0, 0.05) is 11.8 Å². The molecule has 2 aromatic heterocycles. The van der Waals surface area contributed by atoms with Crippen molar-refractivity contribution in [3.8, 4) is 0 Å². The standard InChI is InChI=1S/C8H4BrClN2O/c9-6-4-11-12-2-1-5(8(10)13)3-7(6)12/h1-4H. The first-order chi connectivity index (χ1) is 6.18. The molecular weight excluding hydrogens is 255 g/mol. The van der Waals surface area contributed by atoms with Gasteiger partial charge in [0.05, 0.1) is 16.2 Å². The van der Waals surface area contributed by atoms with Crippen molar-refractivity contribution in [3.63, 3.8) is 0 Å². The summed E-state index contributed by atoms with van der Waals surface area (Å²) in [5.74, 6) is 0. The number of carbonyl (C=O) groups excluding carboxylic acids is 1. The highest BCUT2D eigenvalue weighted by molar-refractivity contribution is 9.10. The average molecular weight is 259 g/mol. The Labute approximate surface area is 87.4 Å². The van der Waals surface area contributed by atoms with E-state index in [1.165, 1.54) is 0 Å². The van der Waals surface area contributed by atoms with Crippen LogP contribution < -0.4 is 0 Å². The first kappa shape index (κ1) is 8.72. The minimum absolute atomic E-state index is 0.462. The van der Waals surface area contributed by atoms with E-state index in [2.05, 4.69) is 21.0 Å². The molecule has 0 radical (unpaired) electrons. The Hall–Kier alpha value is -0.870. The largest absolute Gasteiger partial charge is 0.276 e. The first-order valence-electron chi connectivity index (χ1n) is 3.51. The van der Waals surface area contributed by atoms with Gasteiger partial charge in [-0.2, -0.15) is 5.10 Å². The van der Waals surface area contributed by atoms with Gasteiger partial charge in [0.1, 0.15) is 0 Å². The number of carbonyl (C=O) groups is 1. The predicted octanol–water partition coefficient (Wildman–Crippen LogP) is 2.48. The van der Waals surface area contributed by atoms with E-state index >= 15 is 0 Å². The zero-order valence-corrected chi connectivity index (χ0v) is 8.71. The van der Waals surface area contributed by atoms with Crippen LogP contribution in [0, 0.1) is 0 Å². The Morgan fingerprint density at radius 3 is 3.08 bits per heavy atom. The van der Waals surface area contributed by atoms with Crippen molar-refractivity contribution < 1.29 is 4.79 Å². The molecule has 0 saturated carbocycles. The number of aromatic nitrogens is 2. The fourth-order valence-corrected chi connectivity index (χ4v) is 1.58. The summed E-state index contributed by atoms with van der Waals surface area (Å²) in [6, 6.07) is 3.31. The fourth-order valence-electron chi connectivity index (χ4n) is 1.07. The fraction of sp³-hybridized carbons (Fsp3) is 0. The number of hydrogen-bond donors (Lipinski definition) is 0. The van der Waals surface area contributed by atoms with Gasteiger partial charge in [0.2, 0.25) is 0 Å². The molecule has 0 saturated heterocycles. The lowest BCUT2D eigenvalue weighted by Gasteiger charge is -1.95. The van der Waals surface area contributed by atoms with Crippen LogP contribution in [0.4, 0.5) is 0 Å². The van der Waals surface area contributed by atoms with Crippen LogP contribution in [-0.4, -0.2) is 14.9 Å². The van der Waals surface area contributed by atoms with Crippen molar-refractivity contribution in [3.05, 3.63) is 34.6 Å². The van der Waals surface area contributed by atoms with Gasteiger partial charge in [-0.15, -0.1) is 0 Å². The molecule has 66 valence electrons. The molecular formula is C8H4BrClN2O. The second kappa shape index (κ2) is 3.12. The van der Waals surface area contributed by atoms with Crippen molar-refractivity contribution in [2.24, 2.45) is 0 Å². The molecule has 0 N–H and O–H groups in total. The molecule has 0 amide bonds. The molecule has 0 spiro atoms. The number of halogens is 2. The lowest BCUT2D eigenvalue weighted by Crippen LogP contribution is -1.92. The summed E-state index contributed by atoms with van der Waals surface area (Å²) < 4.78 is 2.50. The molecule has 13 heavy (non-hydrogen) atoms. The van der Waals surface area contributed by atoms with Gasteiger partial charge in [-0.05, 0) is 39.7 Å². The van der Waals surface area contributed by atoms with Gasteiger partial charge in [-0.1, -0.05) is 0 Å². The topological polar surface area (TPSA) is 34.4 Å². The molecule has 0 aliphatic heterocycles. The number of nitrogens with zero attached hydrogens (tertiary/aromatic N) is 2. The molecule has 5 heteroatoms. The number of rotatable bonds is 1. The Kier molecular flexibility index (Phi) is 2.09. The molecule has 2 aromatic rings. The number of pyridine rings is 1. The summed E-state index contributed by atoms with van der Waals surface area (Å²) in [5.41, 5.74) is 1.29. The zero-order valence-electron chi connectivity index (χ0n) is 6.37. The molecule has 3 nitrogen and oxygen atoms in total. The Morgan fingerprint density at radius 2 is 2.38 bits per heavy atom. The van der Waals surface area contributed by atoms with Crippen LogP contribution in [0.25, 0.3) is 5.52 Å². The molecule has 2 rings (SSSR count). The van der Waals surface area contributed by atoms with E-state index in [-0.39, 0.29) is 0 Å². The van der Waals surface area contributed by atoms with Gasteiger partial charge in [-0.3, -0.25) is 4.79 Å². The predicted molar refractivity (Wildman–Crippen MR) is 53.1 cm³/mol. The molecule has 0 aliphatic rings. The summed E-state index contributed by atoms with van der Waals surface area (Å²) >= 11 is 8.65. The van der Waals surface area contributed by atoms with Crippen LogP contribution in [0.5, 0.6) is 0 Å². The van der Waals surface area contributed by atoms with Gasteiger partial charge in [0.15, 0.2) is 0 Å². The summed E-state index contributed by atoms with van der Waals surface area (Å²) in [6.45, 7) is 0. The third kappa shape index (κ3) is 1.47. The van der Waals surface area contributed by atoms with Crippen molar-refractivity contribution in [1.82, 2.24) is 9.61 Å². The molecule has 0 unspecified atom stereocenters. The van der Waals surface area contributed by atoms with Crippen LogP contribution >= 0.6 is 27.5 Å². The molecule has 0 fully saturated rings. The second-order valence-electron chi connectivity index (χ2n) is 2.51. The lowest BCUT2D eigenvalue weighted by atomic mass is 10.3. The van der Waals surface area contributed by atoms with Crippen LogP contribution in [-0.2, 0) is 0 Å². The maximum absolute atomic E-state index is 10.8. The number of fused-ring (bicyclic) bond motifs is 1. The van der Waals surface area contributed by atoms with E-state index in [9.17, 15) is 4.79 Å². The molecule has 0 aromatic carbocycles. The highest BCUT2D eigenvalue weighted by Crippen LogP contribution is 2.18. The van der Waals surface area contributed by atoms with E-state index < -0.39 is 5.24 Å². The van der Waals surface area contributed by atoms with Gasteiger partial charge in [-0.25, -0.2) is 4.52 Å². The van der Waals surface area contributed by atoms with Gasteiger partial charge >= 0.3 is 0 Å². The van der Waals surface area contributed by atoms with Crippen LogP contribution in [0.3, 0.4) is 0 Å². The quantitative estimate of drug-likeness (QED) is 0.737. The summed E-state index contributed by atoms with van der Waals surface area (Å²) in [7, 11) is 0. The van der Waals surface area contributed by atoms with Crippen molar-refractivity contribution in [1.29, 1.82) is 0 Å². The smallest absolute Gasteiger partial charge is 0.252 e. The molecule has 0 bridgehead atoms. The Balaban J connectivity index is 2.72. The average Bonchev–Trinajstić information content (AvgIpc) is 2.47. The summed E-state index contributed by atoms with van der Waals surface area (Å²) in [5, 5.41) is 3.57. The van der Waals surface area contributed by atoms with E-state index in [0.717, 1.165) is 9.99 Å². The summed E-state index contributed by atoms with van der Waals surface area (Å²) in [6.07, 6.45) is 3.35. The van der Waals surface area contributed by atoms with Gasteiger partial charge < -0.3 is 0 Å². The highest BCUT2D eigenvalue weighted by atomic mass is 79.9. The van der Waals surface area contributed by atoms with Crippen LogP contribution in [0.1, 0.15) is 10.4 Å². The second-order valence-corrected chi connectivity index (χ2v) is 3.71. The highest BCUT2D eigenvalue weighted by Gasteiger charge is 2.05. The van der Waals surface area contributed by atoms with E-state index in [1.807, 2.05) is 0 Å². The van der Waals surface area contributed by atoms with Crippen LogP contribution in [0.2, 0.25) is 0 Å². The minimum Gasteiger partial charge on any atom is -0.276 e. The SMILES string of the molecule is O=C(Cl)c1ccn2ncc(Br)c2c1. The normalized spacial score (nSPS) is 10.6. The van der Waals surface area contributed by atoms with Crippen molar-refractivity contribution in [2.45, 2.75) is 0 Å². The number of hydrogen-bond acceptors (Lipinski definition) is 2. The van der Waals surface area contributed by atoms with Crippen LogP contribution in [0.15, 0.2) is 29.0 Å². The van der Waals surface area contributed by atoms with Crippen molar-refractivity contribution >= 4 is 38.3 Å². The maximum atomic E-state index is 10.8. The minimum atomic E-state index is -0.462. The van der Waals surface area contributed by atoms with E-state index in [1.54, 1.807) is 29.0 Å². The van der Waals surface area contributed by atoms with E-state index in [0.29, 0.717) is 5.56 Å².